The number of hydrogen-bond acceptors (Lipinski definition) is 3. The number of anilines is 1. The molecule has 1 amide bonds. The summed E-state index contributed by atoms with van der Waals surface area (Å²) >= 11 is 1.74. The van der Waals surface area contributed by atoms with E-state index in [2.05, 4.69) is 34.7 Å². The molecule has 0 bridgehead atoms. The molecule has 112 valence electrons. The number of nitrogens with zero attached hydrogens (tertiary/aromatic N) is 1. The Hall–Kier alpha value is -1.65. The maximum atomic E-state index is 12.2. The topological polar surface area (TPSA) is 32.3 Å². The third-order valence-corrected chi connectivity index (χ3v) is 4.15. The second-order valence-electron chi connectivity index (χ2n) is 5.15. The Balaban J connectivity index is 1.93. The Morgan fingerprint density at radius 2 is 2.05 bits per heavy atom. The van der Waals surface area contributed by atoms with E-state index in [1.54, 1.807) is 11.3 Å². The summed E-state index contributed by atoms with van der Waals surface area (Å²) in [5, 5.41) is 5.08. The third kappa shape index (κ3) is 4.99. The summed E-state index contributed by atoms with van der Waals surface area (Å²) in [7, 11) is 0. The fourth-order valence-corrected chi connectivity index (χ4v) is 3.01. The molecule has 2 aromatic rings. The number of rotatable bonds is 7. The number of hydrogen-bond donors (Lipinski definition) is 1. The number of carbonyl (C=O) groups excluding carboxylic acids is 1. The molecule has 0 aliphatic heterocycles. The fourth-order valence-electron chi connectivity index (χ4n) is 2.26. The number of nitrogens with one attached hydrogen (secondary N) is 1. The number of thiophene rings is 1. The molecule has 0 atom stereocenters. The highest BCUT2D eigenvalue weighted by molar-refractivity contribution is 7.09. The lowest BCUT2D eigenvalue weighted by atomic mass is 10.2. The lowest BCUT2D eigenvalue weighted by Gasteiger charge is -2.20. The van der Waals surface area contributed by atoms with E-state index in [-0.39, 0.29) is 5.91 Å². The normalized spacial score (nSPS) is 10.8. The molecule has 0 unspecified atom stereocenters. The van der Waals surface area contributed by atoms with Crippen LogP contribution in [0.1, 0.15) is 23.8 Å². The summed E-state index contributed by atoms with van der Waals surface area (Å²) in [6, 6.07) is 12.0. The highest BCUT2D eigenvalue weighted by Gasteiger charge is 2.12. The van der Waals surface area contributed by atoms with E-state index >= 15 is 0 Å². The van der Waals surface area contributed by atoms with Crippen LogP contribution in [0.15, 0.2) is 41.8 Å². The molecule has 1 aromatic heterocycles. The minimum Gasteiger partial charge on any atom is -0.325 e. The number of para-hydroxylation sites is 1. The summed E-state index contributed by atoms with van der Waals surface area (Å²) in [5.74, 6) is 0.0503. The molecule has 2 rings (SSSR count). The number of amides is 1. The summed E-state index contributed by atoms with van der Waals surface area (Å²) in [5.41, 5.74) is 1.99. The lowest BCUT2D eigenvalue weighted by molar-refractivity contribution is -0.117. The van der Waals surface area contributed by atoms with Gasteiger partial charge in [-0.25, -0.2) is 0 Å². The van der Waals surface area contributed by atoms with E-state index in [1.165, 1.54) is 4.88 Å². The predicted molar refractivity (Wildman–Crippen MR) is 89.7 cm³/mol. The van der Waals surface area contributed by atoms with Gasteiger partial charge in [-0.1, -0.05) is 31.2 Å². The summed E-state index contributed by atoms with van der Waals surface area (Å²) in [4.78, 5) is 15.7. The van der Waals surface area contributed by atoms with Crippen molar-refractivity contribution in [3.63, 3.8) is 0 Å². The monoisotopic (exact) mass is 302 g/mol. The molecular weight excluding hydrogens is 280 g/mol. The molecule has 3 nitrogen and oxygen atoms in total. The van der Waals surface area contributed by atoms with E-state index in [1.807, 2.05) is 31.2 Å². The van der Waals surface area contributed by atoms with Gasteiger partial charge in [-0.05, 0) is 43.0 Å². The Morgan fingerprint density at radius 1 is 1.24 bits per heavy atom. The molecule has 0 aliphatic rings. The second kappa shape index (κ2) is 7.96. The Kier molecular flexibility index (Phi) is 5.96. The summed E-state index contributed by atoms with van der Waals surface area (Å²) < 4.78 is 0. The third-order valence-electron chi connectivity index (χ3n) is 3.29. The highest BCUT2D eigenvalue weighted by Crippen LogP contribution is 2.14. The first kappa shape index (κ1) is 15.7. The van der Waals surface area contributed by atoms with Crippen molar-refractivity contribution in [1.29, 1.82) is 0 Å². The van der Waals surface area contributed by atoms with Crippen molar-refractivity contribution >= 4 is 22.9 Å². The van der Waals surface area contributed by atoms with Gasteiger partial charge in [-0.2, -0.15) is 0 Å². The maximum absolute atomic E-state index is 12.2. The van der Waals surface area contributed by atoms with Gasteiger partial charge in [0.05, 0.1) is 6.54 Å². The molecule has 0 fully saturated rings. The van der Waals surface area contributed by atoms with Crippen molar-refractivity contribution in [2.45, 2.75) is 26.8 Å². The Bertz CT molecular complexity index is 566. The van der Waals surface area contributed by atoms with Crippen LogP contribution in [0.25, 0.3) is 0 Å². The average Bonchev–Trinajstić information content (AvgIpc) is 2.94. The molecule has 21 heavy (non-hydrogen) atoms. The molecule has 0 radical (unpaired) electrons. The summed E-state index contributed by atoms with van der Waals surface area (Å²) in [6.07, 6.45) is 1.04. The van der Waals surface area contributed by atoms with Crippen LogP contribution >= 0.6 is 11.3 Å². The van der Waals surface area contributed by atoms with Crippen LogP contribution < -0.4 is 5.32 Å². The lowest BCUT2D eigenvalue weighted by Crippen LogP contribution is -2.33. The van der Waals surface area contributed by atoms with Gasteiger partial charge in [0.25, 0.3) is 0 Å². The molecular formula is C17H22N2OS. The van der Waals surface area contributed by atoms with E-state index in [4.69, 9.17) is 0 Å². The SMILES string of the molecule is CCCN(CC(=O)Nc1ccccc1C)Cc1cccs1. The average molecular weight is 302 g/mol. The van der Waals surface area contributed by atoms with Crippen LogP contribution in [-0.2, 0) is 11.3 Å². The zero-order chi connectivity index (χ0) is 15.1. The van der Waals surface area contributed by atoms with Crippen LogP contribution in [0.5, 0.6) is 0 Å². The van der Waals surface area contributed by atoms with Gasteiger partial charge in [0.2, 0.25) is 5.91 Å². The van der Waals surface area contributed by atoms with E-state index in [9.17, 15) is 4.79 Å². The first-order valence-electron chi connectivity index (χ1n) is 7.29. The van der Waals surface area contributed by atoms with Gasteiger partial charge in [0.1, 0.15) is 0 Å². The smallest absolute Gasteiger partial charge is 0.238 e. The van der Waals surface area contributed by atoms with Crippen LogP contribution in [-0.4, -0.2) is 23.9 Å². The van der Waals surface area contributed by atoms with Gasteiger partial charge in [-0.3, -0.25) is 9.69 Å². The van der Waals surface area contributed by atoms with E-state index in [0.717, 1.165) is 30.8 Å². The maximum Gasteiger partial charge on any atom is 0.238 e. The zero-order valence-electron chi connectivity index (χ0n) is 12.6. The fraction of sp³-hybridized carbons (Fsp3) is 0.353. The number of aryl methyl sites for hydroxylation is 1. The zero-order valence-corrected chi connectivity index (χ0v) is 13.5. The Morgan fingerprint density at radius 3 is 2.71 bits per heavy atom. The number of benzene rings is 1. The van der Waals surface area contributed by atoms with Crippen LogP contribution in [0.4, 0.5) is 5.69 Å². The minimum atomic E-state index is 0.0503. The molecule has 0 saturated carbocycles. The largest absolute Gasteiger partial charge is 0.325 e. The van der Waals surface area contributed by atoms with Gasteiger partial charge in [0, 0.05) is 17.1 Å². The molecule has 1 N–H and O–H groups in total. The number of carbonyl (C=O) groups is 1. The second-order valence-corrected chi connectivity index (χ2v) is 6.19. The van der Waals surface area contributed by atoms with Crippen LogP contribution in [0.2, 0.25) is 0 Å². The predicted octanol–water partition coefficient (Wildman–Crippen LogP) is 3.91. The van der Waals surface area contributed by atoms with Crippen molar-refractivity contribution in [2.75, 3.05) is 18.4 Å². The molecule has 1 heterocycles. The molecule has 0 spiro atoms. The van der Waals surface area contributed by atoms with E-state index < -0.39 is 0 Å². The quantitative estimate of drug-likeness (QED) is 0.841. The Labute approximate surface area is 130 Å². The van der Waals surface area contributed by atoms with Crippen molar-refractivity contribution in [1.82, 2.24) is 4.90 Å². The van der Waals surface area contributed by atoms with Crippen LogP contribution in [0.3, 0.4) is 0 Å². The van der Waals surface area contributed by atoms with Crippen molar-refractivity contribution in [3.05, 3.63) is 52.2 Å². The molecule has 4 heteroatoms. The standard InChI is InChI=1S/C17H22N2OS/c1-3-10-19(12-15-8-6-11-21-15)13-17(20)18-16-9-5-4-7-14(16)2/h4-9,11H,3,10,12-13H2,1-2H3,(H,18,20). The van der Waals surface area contributed by atoms with Gasteiger partial charge in [0.15, 0.2) is 0 Å². The molecule has 1 aromatic carbocycles. The van der Waals surface area contributed by atoms with Gasteiger partial charge < -0.3 is 5.32 Å². The van der Waals surface area contributed by atoms with Crippen molar-refractivity contribution < 1.29 is 4.79 Å². The first-order chi connectivity index (χ1) is 10.2. The molecule has 0 aliphatic carbocycles. The first-order valence-corrected chi connectivity index (χ1v) is 8.17. The van der Waals surface area contributed by atoms with Crippen molar-refractivity contribution in [2.24, 2.45) is 0 Å². The van der Waals surface area contributed by atoms with E-state index in [0.29, 0.717) is 6.54 Å². The molecule has 0 saturated heterocycles. The van der Waals surface area contributed by atoms with Crippen LogP contribution in [0, 0.1) is 6.92 Å². The minimum absolute atomic E-state index is 0.0503. The van der Waals surface area contributed by atoms with Gasteiger partial charge in [-0.15, -0.1) is 11.3 Å². The van der Waals surface area contributed by atoms with Crippen molar-refractivity contribution in [3.8, 4) is 0 Å². The highest BCUT2D eigenvalue weighted by atomic mass is 32.1. The summed E-state index contributed by atoms with van der Waals surface area (Å²) in [6.45, 7) is 6.34. The van der Waals surface area contributed by atoms with Gasteiger partial charge >= 0.3 is 0 Å².